The number of rotatable bonds is 2. The number of ether oxygens (including phenoxy) is 1. The van der Waals surface area contributed by atoms with Crippen LogP contribution < -0.4 is 5.32 Å². The number of carbonyl (C=O) groups is 1. The molecule has 1 amide bonds. The van der Waals surface area contributed by atoms with Crippen LogP contribution in [0.5, 0.6) is 0 Å². The van der Waals surface area contributed by atoms with Crippen LogP contribution in [-0.4, -0.2) is 21.5 Å². The first kappa shape index (κ1) is 16.5. The Morgan fingerprint density at radius 3 is 2.54 bits per heavy atom. The highest BCUT2D eigenvalue weighted by Gasteiger charge is 2.16. The van der Waals surface area contributed by atoms with E-state index in [0.29, 0.717) is 5.69 Å². The monoisotopic (exact) mass is 387 g/mol. The van der Waals surface area contributed by atoms with E-state index in [4.69, 9.17) is 4.74 Å². The minimum absolute atomic E-state index is 0.468. The Hall–Kier alpha value is -2.34. The van der Waals surface area contributed by atoms with Crippen molar-refractivity contribution in [2.45, 2.75) is 26.4 Å². The number of amides is 1. The quantitative estimate of drug-likeness (QED) is 0.662. The molecular formula is C18H18BrN3O2. The van der Waals surface area contributed by atoms with E-state index in [1.54, 1.807) is 0 Å². The number of nitrogens with one attached hydrogen (secondary N) is 1. The second-order valence-electron chi connectivity index (χ2n) is 6.45. The number of hydrogen-bond donors (Lipinski definition) is 1. The molecule has 124 valence electrons. The highest BCUT2D eigenvalue weighted by atomic mass is 79.9. The van der Waals surface area contributed by atoms with Crippen LogP contribution in [0.15, 0.2) is 53.1 Å². The molecule has 1 heterocycles. The number of hydrogen-bond acceptors (Lipinski definition) is 3. The molecule has 0 aliphatic rings. The number of aromatic nitrogens is 2. The van der Waals surface area contributed by atoms with Gasteiger partial charge in [0.05, 0.1) is 11.2 Å². The summed E-state index contributed by atoms with van der Waals surface area (Å²) in [4.78, 5) is 11.8. The smallest absolute Gasteiger partial charge is 0.412 e. The maximum Gasteiger partial charge on any atom is 0.412 e. The van der Waals surface area contributed by atoms with Gasteiger partial charge in [-0.15, -0.1) is 0 Å². The van der Waals surface area contributed by atoms with E-state index in [-0.39, 0.29) is 0 Å². The lowest BCUT2D eigenvalue weighted by Crippen LogP contribution is -2.27. The Kier molecular flexibility index (Phi) is 4.32. The third-order valence-electron chi connectivity index (χ3n) is 3.25. The maximum atomic E-state index is 11.8. The molecule has 0 aliphatic heterocycles. The summed E-state index contributed by atoms with van der Waals surface area (Å²) in [6.45, 7) is 5.49. The van der Waals surface area contributed by atoms with E-state index < -0.39 is 11.7 Å². The van der Waals surface area contributed by atoms with Gasteiger partial charge in [-0.25, -0.2) is 9.48 Å². The lowest BCUT2D eigenvalue weighted by atomic mass is 10.2. The van der Waals surface area contributed by atoms with Gasteiger partial charge in [0.25, 0.3) is 0 Å². The Bertz CT molecular complexity index is 879. The van der Waals surface area contributed by atoms with Crippen LogP contribution in [-0.2, 0) is 4.74 Å². The van der Waals surface area contributed by atoms with Crippen molar-refractivity contribution in [2.24, 2.45) is 0 Å². The summed E-state index contributed by atoms with van der Waals surface area (Å²) >= 11 is 3.45. The molecule has 1 N–H and O–H groups in total. The van der Waals surface area contributed by atoms with E-state index in [2.05, 4.69) is 26.3 Å². The number of anilines is 1. The fourth-order valence-corrected chi connectivity index (χ4v) is 2.59. The summed E-state index contributed by atoms with van der Waals surface area (Å²) in [5.74, 6) is 0. The maximum absolute atomic E-state index is 11.8. The third-order valence-corrected chi connectivity index (χ3v) is 3.74. The van der Waals surface area contributed by atoms with Gasteiger partial charge in [-0.05, 0) is 57.2 Å². The minimum Gasteiger partial charge on any atom is -0.444 e. The topological polar surface area (TPSA) is 56.1 Å². The van der Waals surface area contributed by atoms with Crippen LogP contribution in [0.1, 0.15) is 20.8 Å². The van der Waals surface area contributed by atoms with Gasteiger partial charge in [0.1, 0.15) is 5.60 Å². The number of benzene rings is 2. The Morgan fingerprint density at radius 1 is 1.17 bits per heavy atom. The van der Waals surface area contributed by atoms with Gasteiger partial charge in [0.2, 0.25) is 0 Å². The molecule has 0 spiro atoms. The van der Waals surface area contributed by atoms with Crippen molar-refractivity contribution in [2.75, 3.05) is 5.32 Å². The molecule has 0 bridgehead atoms. The van der Waals surface area contributed by atoms with Crippen LogP contribution in [0.2, 0.25) is 0 Å². The molecule has 3 aromatic rings. The lowest BCUT2D eigenvalue weighted by molar-refractivity contribution is 0.0636. The Labute approximate surface area is 148 Å². The molecule has 0 unspecified atom stereocenters. The van der Waals surface area contributed by atoms with E-state index in [1.165, 1.54) is 0 Å². The SMILES string of the molecule is CC(C)(C)OC(=O)Nc1ccc(-n2cc3ccc(Br)cc3n2)cc1. The molecule has 5 nitrogen and oxygen atoms in total. The second kappa shape index (κ2) is 6.28. The van der Waals surface area contributed by atoms with Crippen LogP contribution in [0, 0.1) is 0 Å². The zero-order valence-corrected chi connectivity index (χ0v) is 15.3. The summed E-state index contributed by atoms with van der Waals surface area (Å²) in [6, 6.07) is 13.4. The number of carbonyl (C=O) groups excluding carboxylic acids is 1. The first-order valence-electron chi connectivity index (χ1n) is 7.55. The van der Waals surface area contributed by atoms with Crippen molar-refractivity contribution in [3.63, 3.8) is 0 Å². The van der Waals surface area contributed by atoms with Crippen molar-refractivity contribution in [3.05, 3.63) is 53.1 Å². The summed E-state index contributed by atoms with van der Waals surface area (Å²) in [6.07, 6.45) is 1.50. The number of nitrogens with zero attached hydrogens (tertiary/aromatic N) is 2. The average Bonchev–Trinajstić information content (AvgIpc) is 2.89. The van der Waals surface area contributed by atoms with E-state index in [1.807, 2.05) is 74.1 Å². The second-order valence-corrected chi connectivity index (χ2v) is 7.37. The fraction of sp³-hybridized carbons (Fsp3) is 0.222. The van der Waals surface area contributed by atoms with E-state index in [0.717, 1.165) is 21.1 Å². The first-order chi connectivity index (χ1) is 11.3. The molecule has 0 atom stereocenters. The highest BCUT2D eigenvalue weighted by Crippen LogP contribution is 2.21. The Morgan fingerprint density at radius 2 is 1.88 bits per heavy atom. The molecular weight excluding hydrogens is 370 g/mol. The van der Waals surface area contributed by atoms with Crippen LogP contribution >= 0.6 is 15.9 Å². The fourth-order valence-electron chi connectivity index (χ4n) is 2.24. The molecule has 3 rings (SSSR count). The third kappa shape index (κ3) is 3.94. The summed E-state index contributed by atoms with van der Waals surface area (Å²) in [7, 11) is 0. The predicted molar refractivity (Wildman–Crippen MR) is 98.6 cm³/mol. The van der Waals surface area contributed by atoms with Gasteiger partial charge < -0.3 is 4.74 Å². The first-order valence-corrected chi connectivity index (χ1v) is 8.35. The van der Waals surface area contributed by atoms with Gasteiger partial charge in [0, 0.05) is 21.7 Å². The zero-order valence-electron chi connectivity index (χ0n) is 13.7. The van der Waals surface area contributed by atoms with Crippen LogP contribution in [0.25, 0.3) is 16.6 Å². The lowest BCUT2D eigenvalue weighted by Gasteiger charge is -2.19. The van der Waals surface area contributed by atoms with Gasteiger partial charge in [-0.2, -0.15) is 5.10 Å². The van der Waals surface area contributed by atoms with E-state index >= 15 is 0 Å². The molecule has 0 saturated heterocycles. The molecule has 0 radical (unpaired) electrons. The molecule has 0 fully saturated rings. The number of halogens is 1. The highest BCUT2D eigenvalue weighted by molar-refractivity contribution is 9.10. The normalized spacial score (nSPS) is 11.5. The van der Waals surface area contributed by atoms with Gasteiger partial charge in [0.15, 0.2) is 0 Å². The van der Waals surface area contributed by atoms with Gasteiger partial charge >= 0.3 is 6.09 Å². The Balaban J connectivity index is 1.77. The molecule has 0 aliphatic carbocycles. The minimum atomic E-state index is -0.520. The summed E-state index contributed by atoms with van der Waals surface area (Å²) in [5.41, 5.74) is 1.98. The van der Waals surface area contributed by atoms with Crippen molar-refractivity contribution >= 4 is 38.6 Å². The van der Waals surface area contributed by atoms with Crippen LogP contribution in [0.4, 0.5) is 10.5 Å². The van der Waals surface area contributed by atoms with Crippen LogP contribution in [0.3, 0.4) is 0 Å². The van der Waals surface area contributed by atoms with Crippen molar-refractivity contribution in [1.82, 2.24) is 9.78 Å². The summed E-state index contributed by atoms with van der Waals surface area (Å²) in [5, 5.41) is 8.34. The molecule has 1 aromatic heterocycles. The molecule has 2 aromatic carbocycles. The summed E-state index contributed by atoms with van der Waals surface area (Å²) < 4.78 is 8.05. The van der Waals surface area contributed by atoms with Crippen molar-refractivity contribution in [3.8, 4) is 5.69 Å². The van der Waals surface area contributed by atoms with Crippen molar-refractivity contribution < 1.29 is 9.53 Å². The average molecular weight is 388 g/mol. The molecule has 24 heavy (non-hydrogen) atoms. The van der Waals surface area contributed by atoms with Gasteiger partial charge in [-0.1, -0.05) is 22.0 Å². The molecule has 0 saturated carbocycles. The predicted octanol–water partition coefficient (Wildman–Crippen LogP) is 5.14. The van der Waals surface area contributed by atoms with Gasteiger partial charge in [-0.3, -0.25) is 5.32 Å². The van der Waals surface area contributed by atoms with E-state index in [9.17, 15) is 4.79 Å². The number of fused-ring (bicyclic) bond motifs is 1. The standard InChI is InChI=1S/C18H18BrN3O2/c1-18(2,3)24-17(23)20-14-6-8-15(9-7-14)22-11-12-4-5-13(19)10-16(12)21-22/h4-11H,1-3H3,(H,20,23). The largest absolute Gasteiger partial charge is 0.444 e. The molecule has 6 heteroatoms. The zero-order chi connectivity index (χ0) is 17.3. The van der Waals surface area contributed by atoms with Crippen molar-refractivity contribution in [1.29, 1.82) is 0 Å².